The van der Waals surface area contributed by atoms with E-state index >= 15 is 0 Å². The molecule has 8 heteroatoms. The lowest BCUT2D eigenvalue weighted by molar-refractivity contribution is 0.0764. The van der Waals surface area contributed by atoms with E-state index in [1.54, 1.807) is 23.2 Å². The van der Waals surface area contributed by atoms with Crippen molar-refractivity contribution in [3.05, 3.63) is 60.6 Å². The molecule has 0 bridgehead atoms. The van der Waals surface area contributed by atoms with Crippen LogP contribution in [0.25, 0.3) is 5.69 Å². The minimum Gasteiger partial charge on any atom is -0.471 e. The second kappa shape index (κ2) is 6.68. The molecular weight excluding hydrogens is 320 g/mol. The lowest BCUT2D eigenvalue weighted by atomic mass is 10.3. The van der Waals surface area contributed by atoms with Gasteiger partial charge in [-0.15, -0.1) is 10.2 Å². The molecule has 2 aromatic heterocycles. The number of likely N-dealkylation sites (tertiary alicyclic amines) is 1. The molecule has 0 aliphatic carbocycles. The predicted octanol–water partition coefficient (Wildman–Crippen LogP) is 1.35. The van der Waals surface area contributed by atoms with Crippen LogP contribution in [0, 0.1) is 0 Å². The van der Waals surface area contributed by atoms with Crippen LogP contribution in [0.1, 0.15) is 16.9 Å². The summed E-state index contributed by atoms with van der Waals surface area (Å²) in [5.41, 5.74) is 1.14. The Labute approximate surface area is 144 Å². The summed E-state index contributed by atoms with van der Waals surface area (Å²) in [5, 5.41) is 16.1. The van der Waals surface area contributed by atoms with Crippen molar-refractivity contribution >= 4 is 5.91 Å². The molecule has 1 atom stereocenters. The second-order valence-electron chi connectivity index (χ2n) is 5.70. The van der Waals surface area contributed by atoms with Gasteiger partial charge in [-0.1, -0.05) is 18.2 Å². The van der Waals surface area contributed by atoms with E-state index in [1.807, 2.05) is 30.3 Å². The van der Waals surface area contributed by atoms with Gasteiger partial charge in [-0.25, -0.2) is 0 Å². The molecule has 1 fully saturated rings. The number of rotatable bonds is 4. The maximum atomic E-state index is 12.6. The van der Waals surface area contributed by atoms with E-state index in [1.165, 1.54) is 11.0 Å². The third kappa shape index (κ3) is 3.32. The molecule has 3 heterocycles. The summed E-state index contributed by atoms with van der Waals surface area (Å²) in [6.07, 6.45) is 3.74. The van der Waals surface area contributed by atoms with Gasteiger partial charge < -0.3 is 9.64 Å². The molecule has 0 radical (unpaired) electrons. The number of carbonyl (C=O) groups excluding carboxylic acids is 1. The van der Waals surface area contributed by atoms with Gasteiger partial charge in [-0.2, -0.15) is 15.0 Å². The Morgan fingerprint density at radius 2 is 2.04 bits per heavy atom. The Morgan fingerprint density at radius 3 is 2.84 bits per heavy atom. The molecule has 126 valence electrons. The smallest absolute Gasteiger partial charge is 0.276 e. The number of carbonyl (C=O) groups is 1. The predicted molar refractivity (Wildman–Crippen MR) is 88.3 cm³/mol. The Hall–Kier alpha value is -3.29. The Morgan fingerprint density at radius 1 is 1.16 bits per heavy atom. The number of nitrogens with zero attached hydrogens (tertiary/aromatic N) is 6. The summed E-state index contributed by atoms with van der Waals surface area (Å²) in [5.74, 6) is 0.323. The minimum atomic E-state index is -0.146. The van der Waals surface area contributed by atoms with E-state index < -0.39 is 0 Å². The van der Waals surface area contributed by atoms with Gasteiger partial charge in [-0.05, 0) is 18.2 Å². The molecule has 8 nitrogen and oxygen atoms in total. The van der Waals surface area contributed by atoms with Gasteiger partial charge in [0.25, 0.3) is 5.91 Å². The number of hydrogen-bond donors (Lipinski definition) is 0. The van der Waals surface area contributed by atoms with Crippen LogP contribution in [0.5, 0.6) is 5.88 Å². The first kappa shape index (κ1) is 15.3. The highest BCUT2D eigenvalue weighted by Crippen LogP contribution is 2.17. The van der Waals surface area contributed by atoms with Crippen LogP contribution in [0.2, 0.25) is 0 Å². The van der Waals surface area contributed by atoms with Crippen LogP contribution in [-0.4, -0.2) is 55.2 Å². The van der Waals surface area contributed by atoms with Crippen LogP contribution in [0.3, 0.4) is 0 Å². The Bertz CT molecular complexity index is 852. The molecule has 0 spiro atoms. The number of para-hydroxylation sites is 1. The highest BCUT2D eigenvalue weighted by molar-refractivity contribution is 5.92. The molecule has 1 unspecified atom stereocenters. The molecule has 1 aromatic carbocycles. The van der Waals surface area contributed by atoms with E-state index in [9.17, 15) is 4.79 Å². The quantitative estimate of drug-likeness (QED) is 0.715. The molecular formula is C17H16N6O2. The van der Waals surface area contributed by atoms with Crippen LogP contribution in [0.4, 0.5) is 0 Å². The lowest BCUT2D eigenvalue weighted by Crippen LogP contribution is -2.31. The van der Waals surface area contributed by atoms with Crippen molar-refractivity contribution in [2.24, 2.45) is 0 Å². The molecule has 25 heavy (non-hydrogen) atoms. The van der Waals surface area contributed by atoms with Crippen molar-refractivity contribution in [3.8, 4) is 11.6 Å². The average molecular weight is 336 g/mol. The fraction of sp³-hybridized carbons (Fsp3) is 0.235. The number of aromatic nitrogens is 5. The van der Waals surface area contributed by atoms with Gasteiger partial charge in [-0.3, -0.25) is 4.79 Å². The third-order valence-corrected chi connectivity index (χ3v) is 3.97. The fourth-order valence-electron chi connectivity index (χ4n) is 2.74. The monoisotopic (exact) mass is 336 g/mol. The summed E-state index contributed by atoms with van der Waals surface area (Å²) in [7, 11) is 0. The van der Waals surface area contributed by atoms with Crippen molar-refractivity contribution in [2.45, 2.75) is 12.5 Å². The van der Waals surface area contributed by atoms with Gasteiger partial charge in [0, 0.05) is 25.2 Å². The zero-order chi connectivity index (χ0) is 17.1. The van der Waals surface area contributed by atoms with Gasteiger partial charge in [0.2, 0.25) is 5.88 Å². The standard InChI is InChI=1S/C17H16N6O2/c24-17(15-11-19-23(21-15)13-5-2-1-3-6-13)22-10-8-14(12-22)25-16-7-4-9-18-20-16/h1-7,9,11,14H,8,10,12H2. The average Bonchev–Trinajstić information content (AvgIpc) is 3.33. The van der Waals surface area contributed by atoms with E-state index in [0.717, 1.165) is 12.1 Å². The van der Waals surface area contributed by atoms with E-state index in [2.05, 4.69) is 20.4 Å². The van der Waals surface area contributed by atoms with Crippen LogP contribution >= 0.6 is 0 Å². The molecule has 1 aliphatic heterocycles. The molecule has 4 rings (SSSR count). The summed E-state index contributed by atoms with van der Waals surface area (Å²) in [6, 6.07) is 13.0. The number of ether oxygens (including phenoxy) is 1. The first-order chi connectivity index (χ1) is 12.3. The van der Waals surface area contributed by atoms with Crippen LogP contribution in [0.15, 0.2) is 54.9 Å². The normalized spacial score (nSPS) is 16.8. The summed E-state index contributed by atoms with van der Waals surface area (Å²) in [4.78, 5) is 15.8. The van der Waals surface area contributed by atoms with E-state index in [0.29, 0.717) is 24.7 Å². The van der Waals surface area contributed by atoms with Crippen molar-refractivity contribution in [1.29, 1.82) is 0 Å². The van der Waals surface area contributed by atoms with Gasteiger partial charge in [0.05, 0.1) is 18.4 Å². The maximum absolute atomic E-state index is 12.6. The minimum absolute atomic E-state index is 0.0928. The number of hydrogen-bond acceptors (Lipinski definition) is 6. The first-order valence-corrected chi connectivity index (χ1v) is 8.01. The van der Waals surface area contributed by atoms with Crippen molar-refractivity contribution < 1.29 is 9.53 Å². The number of benzene rings is 1. The van der Waals surface area contributed by atoms with Crippen LogP contribution in [-0.2, 0) is 0 Å². The zero-order valence-electron chi connectivity index (χ0n) is 13.4. The highest BCUT2D eigenvalue weighted by Gasteiger charge is 2.30. The zero-order valence-corrected chi connectivity index (χ0v) is 13.4. The highest BCUT2D eigenvalue weighted by atomic mass is 16.5. The Kier molecular flexibility index (Phi) is 4.07. The van der Waals surface area contributed by atoms with E-state index in [4.69, 9.17) is 4.74 Å². The van der Waals surface area contributed by atoms with Gasteiger partial charge >= 0.3 is 0 Å². The molecule has 3 aromatic rings. The second-order valence-corrected chi connectivity index (χ2v) is 5.70. The summed E-state index contributed by atoms with van der Waals surface area (Å²) < 4.78 is 5.76. The van der Waals surface area contributed by atoms with Crippen molar-refractivity contribution in [1.82, 2.24) is 30.1 Å². The van der Waals surface area contributed by atoms with Crippen molar-refractivity contribution in [3.63, 3.8) is 0 Å². The Balaban J connectivity index is 1.41. The third-order valence-electron chi connectivity index (χ3n) is 3.97. The summed E-state index contributed by atoms with van der Waals surface area (Å²) >= 11 is 0. The topological polar surface area (TPSA) is 86.0 Å². The molecule has 0 saturated carbocycles. The summed E-state index contributed by atoms with van der Waals surface area (Å²) in [6.45, 7) is 1.11. The van der Waals surface area contributed by atoms with Gasteiger partial charge in [0.1, 0.15) is 6.10 Å². The largest absolute Gasteiger partial charge is 0.471 e. The molecule has 0 N–H and O–H groups in total. The molecule has 1 amide bonds. The SMILES string of the molecule is O=C(c1cnn(-c2ccccc2)n1)N1CCC(Oc2cccnn2)C1. The van der Waals surface area contributed by atoms with Gasteiger partial charge in [0.15, 0.2) is 5.69 Å². The van der Waals surface area contributed by atoms with E-state index in [-0.39, 0.29) is 12.0 Å². The van der Waals surface area contributed by atoms with Crippen molar-refractivity contribution in [2.75, 3.05) is 13.1 Å². The number of amides is 1. The molecule has 1 saturated heterocycles. The fourth-order valence-corrected chi connectivity index (χ4v) is 2.74. The van der Waals surface area contributed by atoms with Crippen LogP contribution < -0.4 is 4.74 Å². The maximum Gasteiger partial charge on any atom is 0.276 e. The molecule has 1 aliphatic rings. The lowest BCUT2D eigenvalue weighted by Gasteiger charge is -2.15. The first-order valence-electron chi connectivity index (χ1n) is 8.01.